The summed E-state index contributed by atoms with van der Waals surface area (Å²) >= 11 is 0. The first-order valence-corrected chi connectivity index (χ1v) is 6.14. The predicted octanol–water partition coefficient (Wildman–Crippen LogP) is 0.564. The van der Waals surface area contributed by atoms with Gasteiger partial charge in [-0.2, -0.15) is 0 Å². The van der Waals surface area contributed by atoms with Gasteiger partial charge in [0, 0.05) is 0 Å². The van der Waals surface area contributed by atoms with Crippen molar-refractivity contribution >= 4 is 11.8 Å². The zero-order valence-electron chi connectivity index (χ0n) is 10.1. The number of carbonyl (C=O) groups excluding carboxylic acids is 2. The van der Waals surface area contributed by atoms with Crippen LogP contribution >= 0.6 is 0 Å². The fraction of sp³-hybridized carbons (Fsp3) is 0.692. The first-order chi connectivity index (χ1) is 7.97. The van der Waals surface area contributed by atoms with E-state index in [2.05, 4.69) is 12.2 Å². The van der Waals surface area contributed by atoms with Gasteiger partial charge < -0.3 is 5.11 Å². The molecule has 4 nitrogen and oxygen atoms in total. The lowest BCUT2D eigenvalue weighted by Gasteiger charge is -2.33. The summed E-state index contributed by atoms with van der Waals surface area (Å²) in [6.45, 7) is 3.28. The number of aliphatic hydroxyl groups is 1. The monoisotopic (exact) mass is 235 g/mol. The standard InChI is InChI=1S/C13H17NO3/c1-13(2,6-15)14-11(16)9-7-3-4-8(5-7)10(9)12(14)17/h3-4,7-10,15H,5-6H2,1-2H3. The molecule has 2 bridgehead atoms. The third kappa shape index (κ3) is 1.22. The number of likely N-dealkylation sites (tertiary alicyclic amines) is 1. The van der Waals surface area contributed by atoms with Gasteiger partial charge in [-0.15, -0.1) is 0 Å². The van der Waals surface area contributed by atoms with Crippen LogP contribution in [0.5, 0.6) is 0 Å². The normalized spacial score (nSPS) is 39.4. The van der Waals surface area contributed by atoms with E-state index in [-0.39, 0.29) is 42.1 Å². The molecule has 0 aromatic heterocycles. The Bertz CT molecular complexity index is 396. The second kappa shape index (κ2) is 3.19. The molecule has 17 heavy (non-hydrogen) atoms. The molecule has 0 spiro atoms. The summed E-state index contributed by atoms with van der Waals surface area (Å²) in [4.78, 5) is 26.0. The van der Waals surface area contributed by atoms with Gasteiger partial charge >= 0.3 is 0 Å². The molecule has 4 heteroatoms. The second-order valence-corrected chi connectivity index (χ2v) is 5.98. The minimum atomic E-state index is -0.780. The van der Waals surface area contributed by atoms with Crippen molar-refractivity contribution in [2.45, 2.75) is 25.8 Å². The van der Waals surface area contributed by atoms with Crippen LogP contribution in [0.4, 0.5) is 0 Å². The maximum atomic E-state index is 12.4. The Morgan fingerprint density at radius 1 is 1.24 bits per heavy atom. The molecule has 0 aromatic rings. The second-order valence-electron chi connectivity index (χ2n) is 5.98. The van der Waals surface area contributed by atoms with Crippen LogP contribution in [0.2, 0.25) is 0 Å². The van der Waals surface area contributed by atoms with Gasteiger partial charge in [-0.25, -0.2) is 0 Å². The Labute approximate surface area is 100 Å². The molecule has 2 aliphatic carbocycles. The van der Waals surface area contributed by atoms with Crippen molar-refractivity contribution in [1.82, 2.24) is 4.90 Å². The molecular weight excluding hydrogens is 218 g/mol. The highest BCUT2D eigenvalue weighted by atomic mass is 16.3. The van der Waals surface area contributed by atoms with Crippen LogP contribution in [0.25, 0.3) is 0 Å². The van der Waals surface area contributed by atoms with Gasteiger partial charge in [0.25, 0.3) is 0 Å². The van der Waals surface area contributed by atoms with Gasteiger partial charge in [-0.3, -0.25) is 14.5 Å². The lowest BCUT2D eigenvalue weighted by atomic mass is 9.85. The number of carbonyl (C=O) groups is 2. The molecule has 1 saturated carbocycles. The van der Waals surface area contributed by atoms with Gasteiger partial charge in [0.15, 0.2) is 0 Å². The molecule has 1 heterocycles. The van der Waals surface area contributed by atoms with Gasteiger partial charge in [-0.05, 0) is 32.1 Å². The zero-order chi connectivity index (χ0) is 12.4. The Morgan fingerprint density at radius 3 is 2.12 bits per heavy atom. The number of allylic oxidation sites excluding steroid dienone is 2. The number of amides is 2. The Morgan fingerprint density at radius 2 is 1.71 bits per heavy atom. The van der Waals surface area contributed by atoms with Crippen molar-refractivity contribution in [3.8, 4) is 0 Å². The summed E-state index contributed by atoms with van der Waals surface area (Å²) in [5.41, 5.74) is -0.780. The lowest BCUT2D eigenvalue weighted by molar-refractivity contribution is -0.148. The molecule has 92 valence electrons. The van der Waals surface area contributed by atoms with Gasteiger partial charge in [0.05, 0.1) is 24.0 Å². The van der Waals surface area contributed by atoms with E-state index in [0.717, 1.165) is 6.42 Å². The van der Waals surface area contributed by atoms with E-state index in [1.165, 1.54) is 4.90 Å². The number of hydrogen-bond donors (Lipinski definition) is 1. The van der Waals surface area contributed by atoms with Gasteiger partial charge in [0.1, 0.15) is 0 Å². The average molecular weight is 235 g/mol. The quantitative estimate of drug-likeness (QED) is 0.562. The third-order valence-electron chi connectivity index (χ3n) is 4.46. The van der Waals surface area contributed by atoms with Crippen LogP contribution < -0.4 is 0 Å². The molecule has 0 radical (unpaired) electrons. The summed E-state index contributed by atoms with van der Waals surface area (Å²) < 4.78 is 0. The number of aliphatic hydroxyl groups excluding tert-OH is 1. The topological polar surface area (TPSA) is 57.6 Å². The Kier molecular flexibility index (Phi) is 2.06. The molecule has 3 aliphatic rings. The van der Waals surface area contributed by atoms with Crippen LogP contribution in [0.15, 0.2) is 12.2 Å². The van der Waals surface area contributed by atoms with Crippen molar-refractivity contribution < 1.29 is 14.7 Å². The van der Waals surface area contributed by atoms with E-state index in [0.29, 0.717) is 0 Å². The summed E-state index contributed by atoms with van der Waals surface area (Å²) in [7, 11) is 0. The van der Waals surface area contributed by atoms with Crippen LogP contribution in [0.3, 0.4) is 0 Å². The first kappa shape index (κ1) is 11.0. The van der Waals surface area contributed by atoms with E-state index in [9.17, 15) is 14.7 Å². The van der Waals surface area contributed by atoms with Crippen LogP contribution in [0, 0.1) is 23.7 Å². The van der Waals surface area contributed by atoms with Crippen molar-refractivity contribution in [1.29, 1.82) is 0 Å². The Balaban J connectivity index is 1.98. The van der Waals surface area contributed by atoms with E-state index in [1.807, 2.05) is 0 Å². The fourth-order valence-corrected chi connectivity index (χ4v) is 3.57. The fourth-order valence-electron chi connectivity index (χ4n) is 3.57. The third-order valence-corrected chi connectivity index (χ3v) is 4.46. The molecule has 0 aromatic carbocycles. The molecule has 1 saturated heterocycles. The van der Waals surface area contributed by atoms with Crippen LogP contribution in [0.1, 0.15) is 20.3 Å². The molecular formula is C13H17NO3. The number of nitrogens with zero attached hydrogens (tertiary/aromatic N) is 1. The molecule has 4 unspecified atom stereocenters. The highest BCUT2D eigenvalue weighted by molar-refractivity contribution is 6.07. The minimum absolute atomic E-state index is 0.0871. The lowest BCUT2D eigenvalue weighted by Crippen LogP contribution is -2.51. The largest absolute Gasteiger partial charge is 0.394 e. The molecule has 2 amide bonds. The number of hydrogen-bond acceptors (Lipinski definition) is 3. The van der Waals surface area contributed by atoms with Crippen molar-refractivity contribution in [2.24, 2.45) is 23.7 Å². The minimum Gasteiger partial charge on any atom is -0.394 e. The molecule has 1 N–H and O–H groups in total. The number of rotatable bonds is 2. The molecule has 1 aliphatic heterocycles. The predicted molar refractivity (Wildman–Crippen MR) is 60.7 cm³/mol. The van der Waals surface area contributed by atoms with E-state index in [4.69, 9.17) is 0 Å². The summed E-state index contributed by atoms with van der Waals surface area (Å²) in [6.07, 6.45) is 5.10. The van der Waals surface area contributed by atoms with E-state index >= 15 is 0 Å². The molecule has 2 fully saturated rings. The zero-order valence-corrected chi connectivity index (χ0v) is 10.1. The van der Waals surface area contributed by atoms with Gasteiger partial charge in [-0.1, -0.05) is 12.2 Å². The van der Waals surface area contributed by atoms with Crippen LogP contribution in [-0.4, -0.2) is 34.0 Å². The van der Waals surface area contributed by atoms with Crippen molar-refractivity contribution in [2.75, 3.05) is 6.61 Å². The molecule has 3 rings (SSSR count). The highest BCUT2D eigenvalue weighted by Gasteiger charge is 2.61. The first-order valence-electron chi connectivity index (χ1n) is 6.14. The van der Waals surface area contributed by atoms with E-state index < -0.39 is 5.54 Å². The maximum Gasteiger partial charge on any atom is 0.234 e. The van der Waals surface area contributed by atoms with Crippen molar-refractivity contribution in [3.63, 3.8) is 0 Å². The smallest absolute Gasteiger partial charge is 0.234 e. The van der Waals surface area contributed by atoms with Crippen molar-refractivity contribution in [3.05, 3.63) is 12.2 Å². The maximum absolute atomic E-state index is 12.4. The van der Waals surface area contributed by atoms with Crippen LogP contribution in [-0.2, 0) is 9.59 Å². The van der Waals surface area contributed by atoms with Gasteiger partial charge in [0.2, 0.25) is 11.8 Å². The SMILES string of the molecule is CC(C)(CO)N1C(=O)C2C3C=CC(C3)C2C1=O. The summed E-state index contributed by atoms with van der Waals surface area (Å²) in [6, 6.07) is 0. The summed E-state index contributed by atoms with van der Waals surface area (Å²) in [5.74, 6) is -0.0275. The Hall–Kier alpha value is -1.16. The molecule has 4 atom stereocenters. The average Bonchev–Trinajstić information content (AvgIpc) is 2.92. The number of fused-ring (bicyclic) bond motifs is 5. The number of imide groups is 1. The summed E-state index contributed by atoms with van der Waals surface area (Å²) in [5, 5.41) is 9.34. The highest BCUT2D eigenvalue weighted by Crippen LogP contribution is 2.53. The van der Waals surface area contributed by atoms with E-state index in [1.54, 1.807) is 13.8 Å².